The Morgan fingerprint density at radius 1 is 1.19 bits per heavy atom. The molecular formula is C16H33N3O2. The first kappa shape index (κ1) is 18.4. The zero-order chi connectivity index (χ0) is 16.0. The largest absolute Gasteiger partial charge is 0.391 e. The number of hydrogen-bond donors (Lipinski definition) is 2. The summed E-state index contributed by atoms with van der Waals surface area (Å²) in [5, 5.41) is 13.2. The first-order chi connectivity index (χ1) is 9.72. The zero-order valence-electron chi connectivity index (χ0n) is 14.4. The number of nitrogens with one attached hydrogen (secondary N) is 1. The van der Waals surface area contributed by atoms with Gasteiger partial charge >= 0.3 is 0 Å². The van der Waals surface area contributed by atoms with Crippen LogP contribution < -0.4 is 5.32 Å². The van der Waals surface area contributed by atoms with Crippen LogP contribution in [0.25, 0.3) is 0 Å². The third kappa shape index (κ3) is 6.76. The summed E-state index contributed by atoms with van der Waals surface area (Å²) in [7, 11) is 0. The van der Waals surface area contributed by atoms with Crippen molar-refractivity contribution < 1.29 is 9.90 Å². The number of nitrogens with zero attached hydrogens (tertiary/aromatic N) is 2. The molecule has 1 heterocycles. The standard InChI is InChI=1S/C16H33N3O2/c1-6-13(2)17-15(21)12-19-9-7-18(8-10-19)11-14(20)16(3,4)5/h13-14,20H,6-12H2,1-5H3,(H,17,21)/t13-,14+/m0/s1. The molecule has 0 spiro atoms. The number of piperazine rings is 1. The Balaban J connectivity index is 2.28. The molecule has 0 aliphatic carbocycles. The van der Waals surface area contributed by atoms with Crippen molar-refractivity contribution >= 4 is 5.91 Å². The summed E-state index contributed by atoms with van der Waals surface area (Å²) in [6.45, 7) is 15.1. The highest BCUT2D eigenvalue weighted by Crippen LogP contribution is 2.20. The highest BCUT2D eigenvalue weighted by atomic mass is 16.3. The van der Waals surface area contributed by atoms with E-state index in [0.717, 1.165) is 39.1 Å². The van der Waals surface area contributed by atoms with Crippen LogP contribution in [0.15, 0.2) is 0 Å². The lowest BCUT2D eigenvalue weighted by atomic mass is 9.89. The molecular weight excluding hydrogens is 266 g/mol. The topological polar surface area (TPSA) is 55.8 Å². The van der Waals surface area contributed by atoms with Crippen LogP contribution in [-0.2, 0) is 4.79 Å². The minimum absolute atomic E-state index is 0.0761. The second-order valence-electron chi connectivity index (χ2n) is 7.34. The predicted molar refractivity (Wildman–Crippen MR) is 86.2 cm³/mol. The van der Waals surface area contributed by atoms with Crippen molar-refractivity contribution in [1.29, 1.82) is 0 Å². The van der Waals surface area contributed by atoms with Crippen molar-refractivity contribution in [2.75, 3.05) is 39.3 Å². The monoisotopic (exact) mass is 299 g/mol. The first-order valence-corrected chi connectivity index (χ1v) is 8.14. The molecule has 1 aliphatic heterocycles. The van der Waals surface area contributed by atoms with Gasteiger partial charge in [-0.1, -0.05) is 27.7 Å². The van der Waals surface area contributed by atoms with E-state index in [1.807, 2.05) is 6.92 Å². The van der Waals surface area contributed by atoms with Crippen LogP contribution in [0.5, 0.6) is 0 Å². The van der Waals surface area contributed by atoms with Gasteiger partial charge in [-0.3, -0.25) is 14.6 Å². The summed E-state index contributed by atoms with van der Waals surface area (Å²) < 4.78 is 0. The number of aliphatic hydroxyl groups is 1. The van der Waals surface area contributed by atoms with Crippen molar-refractivity contribution in [3.8, 4) is 0 Å². The molecule has 0 aromatic carbocycles. The zero-order valence-corrected chi connectivity index (χ0v) is 14.4. The van der Waals surface area contributed by atoms with E-state index in [1.165, 1.54) is 0 Å². The van der Waals surface area contributed by atoms with Gasteiger partial charge in [-0.2, -0.15) is 0 Å². The van der Waals surface area contributed by atoms with E-state index in [1.54, 1.807) is 0 Å². The van der Waals surface area contributed by atoms with Gasteiger partial charge < -0.3 is 10.4 Å². The average molecular weight is 299 g/mol. The van der Waals surface area contributed by atoms with Gasteiger partial charge in [0.15, 0.2) is 0 Å². The smallest absolute Gasteiger partial charge is 0.234 e. The maximum atomic E-state index is 11.9. The van der Waals surface area contributed by atoms with Crippen LogP contribution in [0.1, 0.15) is 41.0 Å². The van der Waals surface area contributed by atoms with E-state index in [9.17, 15) is 9.90 Å². The van der Waals surface area contributed by atoms with Crippen molar-refractivity contribution in [3.05, 3.63) is 0 Å². The third-order valence-electron chi connectivity index (χ3n) is 4.28. The van der Waals surface area contributed by atoms with E-state index in [-0.39, 0.29) is 23.5 Å². The maximum absolute atomic E-state index is 11.9. The summed E-state index contributed by atoms with van der Waals surface area (Å²) >= 11 is 0. The molecule has 5 nitrogen and oxygen atoms in total. The minimum atomic E-state index is -0.308. The fourth-order valence-electron chi connectivity index (χ4n) is 2.27. The van der Waals surface area contributed by atoms with Crippen LogP contribution in [0.3, 0.4) is 0 Å². The van der Waals surface area contributed by atoms with Gasteiger partial charge in [0, 0.05) is 38.8 Å². The van der Waals surface area contributed by atoms with Gasteiger partial charge in [0.25, 0.3) is 0 Å². The van der Waals surface area contributed by atoms with Crippen LogP contribution in [0.2, 0.25) is 0 Å². The van der Waals surface area contributed by atoms with Crippen molar-refractivity contribution in [3.63, 3.8) is 0 Å². The first-order valence-electron chi connectivity index (χ1n) is 8.14. The second-order valence-corrected chi connectivity index (χ2v) is 7.34. The van der Waals surface area contributed by atoms with E-state index in [0.29, 0.717) is 6.54 Å². The Bertz CT molecular complexity index is 320. The number of carbonyl (C=O) groups is 1. The lowest BCUT2D eigenvalue weighted by Crippen LogP contribution is -2.52. The van der Waals surface area contributed by atoms with Gasteiger partial charge in [0.1, 0.15) is 0 Å². The van der Waals surface area contributed by atoms with Crippen LogP contribution >= 0.6 is 0 Å². The minimum Gasteiger partial charge on any atom is -0.391 e. The SMILES string of the molecule is CC[C@H](C)NC(=O)CN1CCN(C[C@@H](O)C(C)(C)C)CC1. The molecule has 5 heteroatoms. The van der Waals surface area contributed by atoms with Gasteiger partial charge in [-0.15, -0.1) is 0 Å². The summed E-state index contributed by atoms with van der Waals surface area (Å²) in [4.78, 5) is 16.3. The highest BCUT2D eigenvalue weighted by Gasteiger charge is 2.26. The molecule has 0 bridgehead atoms. The van der Waals surface area contributed by atoms with E-state index < -0.39 is 0 Å². The quantitative estimate of drug-likeness (QED) is 0.766. The number of rotatable bonds is 6. The lowest BCUT2D eigenvalue weighted by Gasteiger charge is -2.37. The van der Waals surface area contributed by atoms with Crippen molar-refractivity contribution in [2.24, 2.45) is 5.41 Å². The predicted octanol–water partition coefficient (Wildman–Crippen LogP) is 0.926. The Morgan fingerprint density at radius 2 is 1.71 bits per heavy atom. The molecule has 0 radical (unpaired) electrons. The molecule has 1 saturated heterocycles. The van der Waals surface area contributed by atoms with Crippen LogP contribution in [-0.4, -0.2) is 72.2 Å². The number of amides is 1. The van der Waals surface area contributed by atoms with Crippen LogP contribution in [0, 0.1) is 5.41 Å². The Morgan fingerprint density at radius 3 is 2.19 bits per heavy atom. The molecule has 1 amide bonds. The van der Waals surface area contributed by atoms with Crippen molar-refractivity contribution in [1.82, 2.24) is 15.1 Å². The molecule has 0 saturated carbocycles. The molecule has 0 aromatic heterocycles. The normalized spacial score (nSPS) is 21.0. The Hall–Kier alpha value is -0.650. The maximum Gasteiger partial charge on any atom is 0.234 e. The van der Waals surface area contributed by atoms with Crippen LogP contribution in [0.4, 0.5) is 0 Å². The fraction of sp³-hybridized carbons (Fsp3) is 0.938. The van der Waals surface area contributed by atoms with Gasteiger partial charge in [0.05, 0.1) is 12.6 Å². The molecule has 21 heavy (non-hydrogen) atoms. The highest BCUT2D eigenvalue weighted by molar-refractivity contribution is 5.78. The third-order valence-corrected chi connectivity index (χ3v) is 4.28. The van der Waals surface area contributed by atoms with E-state index in [4.69, 9.17) is 0 Å². The lowest BCUT2D eigenvalue weighted by molar-refractivity contribution is -0.123. The number of hydrogen-bond acceptors (Lipinski definition) is 4. The van der Waals surface area contributed by atoms with Crippen molar-refractivity contribution in [2.45, 2.75) is 53.2 Å². The second kappa shape index (κ2) is 8.11. The molecule has 1 fully saturated rings. The summed E-state index contributed by atoms with van der Waals surface area (Å²) in [6, 6.07) is 0.251. The summed E-state index contributed by atoms with van der Waals surface area (Å²) in [5.74, 6) is 0.118. The molecule has 1 aliphatic rings. The molecule has 0 unspecified atom stereocenters. The fourth-order valence-corrected chi connectivity index (χ4v) is 2.27. The van der Waals surface area contributed by atoms with Gasteiger partial charge in [-0.25, -0.2) is 0 Å². The van der Waals surface area contributed by atoms with E-state index in [2.05, 4.69) is 42.8 Å². The molecule has 2 N–H and O–H groups in total. The summed E-state index contributed by atoms with van der Waals surface area (Å²) in [5.41, 5.74) is -0.0761. The summed E-state index contributed by atoms with van der Waals surface area (Å²) in [6.07, 6.45) is 0.655. The van der Waals surface area contributed by atoms with Gasteiger partial charge in [-0.05, 0) is 18.8 Å². The molecule has 2 atom stereocenters. The van der Waals surface area contributed by atoms with Gasteiger partial charge in [0.2, 0.25) is 5.91 Å². The molecule has 124 valence electrons. The Labute approximate surface area is 129 Å². The molecule has 1 rings (SSSR count). The molecule has 0 aromatic rings. The Kier molecular flexibility index (Phi) is 7.10. The number of β-amino-alcohol motifs (C(OH)–C–C–N with tert-alkyl or cyclic N) is 1. The number of carbonyl (C=O) groups excluding carboxylic acids is 1. The van der Waals surface area contributed by atoms with E-state index >= 15 is 0 Å². The average Bonchev–Trinajstić information content (AvgIpc) is 2.39. The number of aliphatic hydroxyl groups excluding tert-OH is 1.